The molecule has 3 nitrogen and oxygen atoms in total. The van der Waals surface area contributed by atoms with Gasteiger partial charge in [0, 0.05) is 23.7 Å². The van der Waals surface area contributed by atoms with E-state index in [1.165, 1.54) is 0 Å². The van der Waals surface area contributed by atoms with Gasteiger partial charge in [-0.25, -0.2) is 0 Å². The molecule has 0 spiro atoms. The molecule has 0 aliphatic rings. The Balaban J connectivity index is 2.61. The highest BCUT2D eigenvalue weighted by Gasteiger charge is 2.08. The molecule has 1 heterocycles. The number of pyridine rings is 1. The van der Waals surface area contributed by atoms with Gasteiger partial charge in [0.25, 0.3) is 5.56 Å². The van der Waals surface area contributed by atoms with Crippen molar-refractivity contribution in [1.82, 2.24) is 4.57 Å². The third-order valence-corrected chi connectivity index (χ3v) is 3.18. The molecule has 0 aliphatic heterocycles. The molecule has 0 atom stereocenters. The molecule has 0 saturated heterocycles. The molecule has 0 fully saturated rings. The first-order valence-electron chi connectivity index (χ1n) is 5.86. The fraction of sp³-hybridized carbons (Fsp3) is 0.214. The summed E-state index contributed by atoms with van der Waals surface area (Å²) < 4.78 is 1.73. The van der Waals surface area contributed by atoms with E-state index in [9.17, 15) is 4.79 Å². The lowest BCUT2D eigenvalue weighted by Gasteiger charge is -2.12. The predicted octanol–water partition coefficient (Wildman–Crippen LogP) is 2.65. The first-order chi connectivity index (χ1) is 8.67. The van der Waals surface area contributed by atoms with E-state index in [1.807, 2.05) is 37.3 Å². The van der Waals surface area contributed by atoms with E-state index in [2.05, 4.69) is 0 Å². The van der Waals surface area contributed by atoms with Gasteiger partial charge in [-0.1, -0.05) is 29.8 Å². The van der Waals surface area contributed by atoms with Gasteiger partial charge in [-0.3, -0.25) is 4.79 Å². The van der Waals surface area contributed by atoms with E-state index in [4.69, 9.17) is 17.3 Å². The molecule has 0 unspecified atom stereocenters. The van der Waals surface area contributed by atoms with Crippen LogP contribution in [-0.4, -0.2) is 4.57 Å². The minimum atomic E-state index is -0.0209. The number of nitrogens with zero attached hydrogens (tertiary/aromatic N) is 1. The van der Waals surface area contributed by atoms with Gasteiger partial charge in [0.05, 0.1) is 5.69 Å². The number of benzene rings is 1. The Labute approximate surface area is 111 Å². The number of hydrogen-bond acceptors (Lipinski definition) is 2. The van der Waals surface area contributed by atoms with Crippen molar-refractivity contribution >= 4 is 11.6 Å². The van der Waals surface area contributed by atoms with Crippen LogP contribution in [0, 0.1) is 0 Å². The van der Waals surface area contributed by atoms with Crippen LogP contribution in [0.3, 0.4) is 0 Å². The fourth-order valence-electron chi connectivity index (χ4n) is 1.97. The summed E-state index contributed by atoms with van der Waals surface area (Å²) in [6.45, 7) is 2.82. The Bertz CT molecular complexity index is 602. The molecule has 1 aromatic carbocycles. The van der Waals surface area contributed by atoms with E-state index in [-0.39, 0.29) is 12.1 Å². The van der Waals surface area contributed by atoms with Gasteiger partial charge < -0.3 is 10.3 Å². The van der Waals surface area contributed by atoms with Gasteiger partial charge in [0.1, 0.15) is 0 Å². The lowest BCUT2D eigenvalue weighted by Crippen LogP contribution is -2.25. The van der Waals surface area contributed by atoms with Crippen molar-refractivity contribution in [3.63, 3.8) is 0 Å². The predicted molar refractivity (Wildman–Crippen MR) is 74.7 cm³/mol. The molecule has 0 aliphatic carbocycles. The van der Waals surface area contributed by atoms with Gasteiger partial charge in [-0.2, -0.15) is 0 Å². The second kappa shape index (κ2) is 5.38. The van der Waals surface area contributed by atoms with Crippen molar-refractivity contribution < 1.29 is 0 Å². The molecule has 4 heteroatoms. The standard InChI is InChI=1S/C14H15ClN2O/c1-2-17-13(8-5-11(9-16)14(17)18)10-3-6-12(15)7-4-10/h3-8H,2,9,16H2,1H3. The number of nitrogens with two attached hydrogens (primary N) is 1. The molecule has 2 N–H and O–H groups in total. The van der Waals surface area contributed by atoms with E-state index in [1.54, 1.807) is 10.6 Å². The lowest BCUT2D eigenvalue weighted by atomic mass is 10.1. The zero-order valence-corrected chi connectivity index (χ0v) is 10.9. The Morgan fingerprint density at radius 3 is 2.39 bits per heavy atom. The van der Waals surface area contributed by atoms with E-state index >= 15 is 0 Å². The van der Waals surface area contributed by atoms with E-state index in [0.29, 0.717) is 17.1 Å². The molecule has 0 amide bonds. The van der Waals surface area contributed by atoms with E-state index < -0.39 is 0 Å². The summed E-state index contributed by atoms with van der Waals surface area (Å²) in [7, 11) is 0. The lowest BCUT2D eigenvalue weighted by molar-refractivity contribution is 0.723. The van der Waals surface area contributed by atoms with Crippen molar-refractivity contribution in [3.05, 3.63) is 57.3 Å². The van der Waals surface area contributed by atoms with Crippen molar-refractivity contribution in [1.29, 1.82) is 0 Å². The minimum Gasteiger partial charge on any atom is -0.326 e. The molecule has 0 bridgehead atoms. The van der Waals surface area contributed by atoms with Gasteiger partial charge in [0.2, 0.25) is 0 Å². The maximum atomic E-state index is 12.1. The van der Waals surface area contributed by atoms with Crippen molar-refractivity contribution in [2.75, 3.05) is 0 Å². The quantitative estimate of drug-likeness (QED) is 0.924. The summed E-state index contributed by atoms with van der Waals surface area (Å²) in [5.41, 5.74) is 8.02. The maximum absolute atomic E-state index is 12.1. The van der Waals surface area contributed by atoms with Crippen LogP contribution in [0.2, 0.25) is 5.02 Å². The Hall–Kier alpha value is -1.58. The van der Waals surface area contributed by atoms with Crippen LogP contribution in [0.25, 0.3) is 11.3 Å². The Kier molecular flexibility index (Phi) is 3.84. The summed E-state index contributed by atoms with van der Waals surface area (Å²) in [5.74, 6) is 0. The number of aromatic nitrogens is 1. The largest absolute Gasteiger partial charge is 0.326 e. The van der Waals surface area contributed by atoms with Crippen LogP contribution >= 0.6 is 11.6 Å². The molecule has 94 valence electrons. The van der Waals surface area contributed by atoms with Crippen molar-refractivity contribution in [3.8, 4) is 11.3 Å². The van der Waals surface area contributed by atoms with Crippen LogP contribution in [0.5, 0.6) is 0 Å². The summed E-state index contributed by atoms with van der Waals surface area (Å²) in [5, 5.41) is 0.683. The molecule has 1 aromatic heterocycles. The summed E-state index contributed by atoms with van der Waals surface area (Å²) >= 11 is 5.87. The highest BCUT2D eigenvalue weighted by molar-refractivity contribution is 6.30. The van der Waals surface area contributed by atoms with Crippen LogP contribution in [0.4, 0.5) is 0 Å². The van der Waals surface area contributed by atoms with Crippen LogP contribution < -0.4 is 11.3 Å². The van der Waals surface area contributed by atoms with Crippen LogP contribution in [-0.2, 0) is 13.1 Å². The minimum absolute atomic E-state index is 0.0209. The molecule has 0 saturated carbocycles. The first kappa shape index (κ1) is 12.9. The van der Waals surface area contributed by atoms with Gasteiger partial charge in [-0.15, -0.1) is 0 Å². The molecular formula is C14H15ClN2O. The first-order valence-corrected chi connectivity index (χ1v) is 6.24. The van der Waals surface area contributed by atoms with Gasteiger partial charge in [0.15, 0.2) is 0 Å². The monoisotopic (exact) mass is 262 g/mol. The SMILES string of the molecule is CCn1c(-c2ccc(Cl)cc2)ccc(CN)c1=O. The zero-order chi connectivity index (χ0) is 13.1. The molecule has 2 rings (SSSR count). The Morgan fingerprint density at radius 2 is 1.83 bits per heavy atom. The molecular weight excluding hydrogens is 248 g/mol. The third kappa shape index (κ3) is 2.33. The number of rotatable bonds is 3. The van der Waals surface area contributed by atoms with Crippen molar-refractivity contribution in [2.45, 2.75) is 20.0 Å². The highest BCUT2D eigenvalue weighted by Crippen LogP contribution is 2.20. The number of halogens is 1. The van der Waals surface area contributed by atoms with Gasteiger partial charge >= 0.3 is 0 Å². The van der Waals surface area contributed by atoms with Crippen LogP contribution in [0.15, 0.2) is 41.2 Å². The van der Waals surface area contributed by atoms with Gasteiger partial charge in [-0.05, 0) is 30.7 Å². The molecule has 2 aromatic rings. The van der Waals surface area contributed by atoms with Crippen molar-refractivity contribution in [2.24, 2.45) is 5.73 Å². The smallest absolute Gasteiger partial charge is 0.255 e. The normalized spacial score (nSPS) is 10.6. The fourth-order valence-corrected chi connectivity index (χ4v) is 2.09. The van der Waals surface area contributed by atoms with E-state index in [0.717, 1.165) is 11.3 Å². The highest BCUT2D eigenvalue weighted by atomic mass is 35.5. The average molecular weight is 263 g/mol. The zero-order valence-electron chi connectivity index (χ0n) is 10.2. The average Bonchev–Trinajstić information content (AvgIpc) is 2.39. The topological polar surface area (TPSA) is 48.0 Å². The number of hydrogen-bond donors (Lipinski definition) is 1. The second-order valence-corrected chi connectivity index (χ2v) is 4.44. The summed E-state index contributed by atoms with van der Waals surface area (Å²) in [4.78, 5) is 12.1. The summed E-state index contributed by atoms with van der Waals surface area (Å²) in [6.07, 6.45) is 0. The second-order valence-electron chi connectivity index (χ2n) is 4.00. The third-order valence-electron chi connectivity index (χ3n) is 2.93. The molecule has 18 heavy (non-hydrogen) atoms. The summed E-state index contributed by atoms with van der Waals surface area (Å²) in [6, 6.07) is 11.2. The molecule has 0 radical (unpaired) electrons. The van der Waals surface area contributed by atoms with Crippen LogP contribution in [0.1, 0.15) is 12.5 Å². The Morgan fingerprint density at radius 1 is 1.17 bits per heavy atom. The maximum Gasteiger partial charge on any atom is 0.255 e.